The number of likely N-dealkylation sites (tertiary alicyclic amines) is 1. The minimum atomic E-state index is -0.213. The Morgan fingerprint density at radius 3 is 2.80 bits per heavy atom. The van der Waals surface area contributed by atoms with Crippen molar-refractivity contribution in [2.24, 2.45) is 5.92 Å². The molecule has 0 bridgehead atoms. The molecule has 2 amide bonds. The number of carbonyl (C=O) groups is 1. The first-order valence-corrected chi connectivity index (χ1v) is 9.52. The Bertz CT molecular complexity index is 683. The van der Waals surface area contributed by atoms with Gasteiger partial charge in [0.25, 0.3) is 0 Å². The zero-order valence-electron chi connectivity index (χ0n) is 14.7. The van der Waals surface area contributed by atoms with Gasteiger partial charge in [-0.25, -0.2) is 4.79 Å². The summed E-state index contributed by atoms with van der Waals surface area (Å²) in [6.07, 6.45) is 3.97. The van der Waals surface area contributed by atoms with Crippen molar-refractivity contribution in [3.05, 3.63) is 41.6 Å². The molecule has 1 fully saturated rings. The highest BCUT2D eigenvalue weighted by atomic mass is 32.1. The lowest BCUT2D eigenvalue weighted by atomic mass is 9.94. The van der Waals surface area contributed by atoms with Gasteiger partial charge in [0.2, 0.25) is 0 Å². The third-order valence-corrected chi connectivity index (χ3v) is 5.44. The molecule has 1 aromatic carbocycles. The van der Waals surface area contributed by atoms with E-state index in [1.807, 2.05) is 0 Å². The van der Waals surface area contributed by atoms with Crippen LogP contribution in [0.3, 0.4) is 0 Å². The molecule has 0 unspecified atom stereocenters. The second-order valence-corrected chi connectivity index (χ2v) is 7.49. The maximum atomic E-state index is 12.2. The maximum absolute atomic E-state index is 12.2. The van der Waals surface area contributed by atoms with Gasteiger partial charge in [0.15, 0.2) is 0 Å². The van der Waals surface area contributed by atoms with E-state index in [0.29, 0.717) is 11.5 Å². The first-order valence-electron chi connectivity index (χ1n) is 8.75. The van der Waals surface area contributed by atoms with E-state index in [9.17, 15) is 4.79 Å². The molecule has 0 aliphatic carbocycles. The number of carbonyl (C=O) groups excluding carboxylic acids is 1. The first kappa shape index (κ1) is 17.8. The van der Waals surface area contributed by atoms with Crippen LogP contribution in [0, 0.1) is 12.8 Å². The maximum Gasteiger partial charge on any atom is 0.319 e. The third-order valence-electron chi connectivity index (χ3n) is 4.86. The van der Waals surface area contributed by atoms with Gasteiger partial charge in [-0.3, -0.25) is 10.2 Å². The molecule has 1 atom stereocenters. The average molecular weight is 359 g/mol. The number of aromatic nitrogens is 2. The number of nitrogens with one attached hydrogen (secondary N) is 2. The van der Waals surface area contributed by atoms with Gasteiger partial charge in [-0.15, -0.1) is 5.10 Å². The lowest BCUT2D eigenvalue weighted by molar-refractivity contribution is 0.136. The molecule has 0 radical (unpaired) electrons. The summed E-state index contributed by atoms with van der Waals surface area (Å²) in [4.78, 5) is 14.7. The van der Waals surface area contributed by atoms with E-state index in [0.717, 1.165) is 19.0 Å². The Balaban J connectivity index is 1.68. The highest BCUT2D eigenvalue weighted by Crippen LogP contribution is 2.28. The Morgan fingerprint density at radius 2 is 2.12 bits per heavy atom. The van der Waals surface area contributed by atoms with E-state index in [-0.39, 0.29) is 12.1 Å². The van der Waals surface area contributed by atoms with Gasteiger partial charge in [0, 0.05) is 18.1 Å². The molecule has 2 heterocycles. The molecular formula is C18H25N5OS. The van der Waals surface area contributed by atoms with Crippen LogP contribution in [0.5, 0.6) is 0 Å². The van der Waals surface area contributed by atoms with Gasteiger partial charge < -0.3 is 5.32 Å². The number of benzene rings is 1. The summed E-state index contributed by atoms with van der Waals surface area (Å²) < 4.78 is 3.75. The minimum absolute atomic E-state index is 0.194. The van der Waals surface area contributed by atoms with Crippen molar-refractivity contribution < 1.29 is 4.79 Å². The lowest BCUT2D eigenvalue weighted by Crippen LogP contribution is -2.43. The van der Waals surface area contributed by atoms with E-state index in [2.05, 4.69) is 63.2 Å². The van der Waals surface area contributed by atoms with Gasteiger partial charge in [0.05, 0.1) is 12.2 Å². The van der Waals surface area contributed by atoms with E-state index < -0.39 is 0 Å². The largest absolute Gasteiger partial charge is 0.336 e. The average Bonchev–Trinajstić information content (AvgIpc) is 3.11. The van der Waals surface area contributed by atoms with E-state index in [4.69, 9.17) is 0 Å². The van der Waals surface area contributed by atoms with Gasteiger partial charge >= 0.3 is 6.03 Å². The zero-order chi connectivity index (χ0) is 17.6. The summed E-state index contributed by atoms with van der Waals surface area (Å²) in [5.74, 6) is 0.781. The number of urea groups is 1. The second kappa shape index (κ2) is 8.40. The van der Waals surface area contributed by atoms with Crippen LogP contribution in [0.1, 0.15) is 36.9 Å². The number of hydrogen-bond donors (Lipinski definition) is 2. The fraction of sp³-hybridized carbons (Fsp3) is 0.500. The Hall–Kier alpha value is -1.99. The Kier molecular flexibility index (Phi) is 5.99. The lowest BCUT2D eigenvalue weighted by Gasteiger charge is -2.37. The molecule has 7 heteroatoms. The highest BCUT2D eigenvalue weighted by Gasteiger charge is 2.26. The van der Waals surface area contributed by atoms with Crippen LogP contribution in [-0.4, -0.2) is 40.2 Å². The van der Waals surface area contributed by atoms with Crippen molar-refractivity contribution >= 4 is 22.6 Å². The predicted molar refractivity (Wildman–Crippen MR) is 101 cm³/mol. The van der Waals surface area contributed by atoms with Gasteiger partial charge in [-0.2, -0.15) is 0 Å². The van der Waals surface area contributed by atoms with Gasteiger partial charge in [0.1, 0.15) is 5.00 Å². The number of rotatable bonds is 5. The molecule has 1 aliphatic rings. The van der Waals surface area contributed by atoms with Crippen molar-refractivity contribution in [1.82, 2.24) is 19.8 Å². The Labute approximate surface area is 152 Å². The molecule has 0 spiro atoms. The first-order chi connectivity index (χ1) is 12.1. The van der Waals surface area contributed by atoms with Gasteiger partial charge in [-0.05, 0) is 49.9 Å². The summed E-state index contributed by atoms with van der Waals surface area (Å²) in [6, 6.07) is 8.42. The quantitative estimate of drug-likeness (QED) is 0.858. The van der Waals surface area contributed by atoms with Crippen LogP contribution in [-0.2, 0) is 0 Å². The molecule has 2 aromatic rings. The molecule has 25 heavy (non-hydrogen) atoms. The highest BCUT2D eigenvalue weighted by molar-refractivity contribution is 7.10. The van der Waals surface area contributed by atoms with Crippen LogP contribution < -0.4 is 10.6 Å². The number of anilines is 1. The topological polar surface area (TPSA) is 70.1 Å². The van der Waals surface area contributed by atoms with Crippen LogP contribution in [0.4, 0.5) is 9.80 Å². The third kappa shape index (κ3) is 4.76. The molecule has 2 N–H and O–H groups in total. The Morgan fingerprint density at radius 1 is 1.36 bits per heavy atom. The second-order valence-electron chi connectivity index (χ2n) is 6.71. The molecule has 0 saturated carbocycles. The minimum Gasteiger partial charge on any atom is -0.336 e. The molecule has 134 valence electrons. The number of nitrogens with zero attached hydrogens (tertiary/aromatic N) is 3. The summed E-state index contributed by atoms with van der Waals surface area (Å²) in [7, 11) is 0. The number of amides is 2. The normalized spacial score (nSPS) is 17.2. The SMILES string of the molecule is Cc1ccccc1[C@H](CNC(=O)Nc1cnns1)N1CCC(C)CC1. The van der Waals surface area contributed by atoms with Crippen LogP contribution in [0.25, 0.3) is 0 Å². The predicted octanol–water partition coefficient (Wildman–Crippen LogP) is 3.44. The molecule has 3 rings (SSSR count). The van der Waals surface area contributed by atoms with Crippen molar-refractivity contribution in [2.45, 2.75) is 32.7 Å². The van der Waals surface area contributed by atoms with E-state index in [1.165, 1.54) is 35.5 Å². The van der Waals surface area contributed by atoms with Crippen LogP contribution >= 0.6 is 11.5 Å². The summed E-state index contributed by atoms with van der Waals surface area (Å²) in [5.41, 5.74) is 2.55. The number of hydrogen-bond acceptors (Lipinski definition) is 5. The molecule has 1 aliphatic heterocycles. The van der Waals surface area contributed by atoms with Crippen molar-refractivity contribution in [3.63, 3.8) is 0 Å². The molecule has 1 saturated heterocycles. The van der Waals surface area contributed by atoms with Gasteiger partial charge in [-0.1, -0.05) is 35.7 Å². The molecule has 6 nitrogen and oxygen atoms in total. The van der Waals surface area contributed by atoms with E-state index >= 15 is 0 Å². The molecule has 1 aromatic heterocycles. The summed E-state index contributed by atoms with van der Waals surface area (Å²) in [5, 5.41) is 10.2. The smallest absolute Gasteiger partial charge is 0.319 e. The number of piperidine rings is 1. The van der Waals surface area contributed by atoms with Crippen LogP contribution in [0.2, 0.25) is 0 Å². The molecular weight excluding hydrogens is 334 g/mol. The van der Waals surface area contributed by atoms with Crippen LogP contribution in [0.15, 0.2) is 30.5 Å². The van der Waals surface area contributed by atoms with Crippen molar-refractivity contribution in [2.75, 3.05) is 25.0 Å². The fourth-order valence-electron chi connectivity index (χ4n) is 3.30. The van der Waals surface area contributed by atoms with E-state index in [1.54, 1.807) is 6.20 Å². The standard InChI is InChI=1S/C18H25N5OS/c1-13-7-9-23(10-8-13)16(15-6-4-3-5-14(15)2)11-19-18(24)21-17-12-20-22-25-17/h3-6,12-13,16H,7-11H2,1-2H3,(H2,19,21,24)/t16-/m0/s1. The van der Waals surface area contributed by atoms with Crippen molar-refractivity contribution in [3.8, 4) is 0 Å². The fourth-order valence-corrected chi connectivity index (χ4v) is 3.72. The number of aryl methyl sites for hydroxylation is 1. The zero-order valence-corrected chi connectivity index (χ0v) is 15.6. The summed E-state index contributed by atoms with van der Waals surface area (Å²) >= 11 is 1.17. The monoisotopic (exact) mass is 359 g/mol. The summed E-state index contributed by atoms with van der Waals surface area (Å²) in [6.45, 7) is 7.18. The van der Waals surface area contributed by atoms with Crippen molar-refractivity contribution in [1.29, 1.82) is 0 Å².